The molecule has 1 fully saturated rings. The van der Waals surface area contributed by atoms with Crippen LogP contribution in [0, 0.1) is 19.8 Å². The molecule has 12 heterocycles. The van der Waals surface area contributed by atoms with Crippen molar-refractivity contribution in [3.63, 3.8) is 0 Å². The lowest BCUT2D eigenvalue weighted by Gasteiger charge is -2.19. The summed E-state index contributed by atoms with van der Waals surface area (Å²) in [5, 5.41) is 2.92. The molecular weight excluding hydrogens is 1860 g/mol. The first-order chi connectivity index (χ1) is 70.9. The number of benzene rings is 9. The van der Waals surface area contributed by atoms with Crippen LogP contribution in [0.4, 0.5) is 39.8 Å². The molecule has 13 aliphatic rings. The number of ether oxygens (including phenoxy) is 11. The van der Waals surface area contributed by atoms with Gasteiger partial charge in [-0.3, -0.25) is 58.5 Å². The van der Waals surface area contributed by atoms with Crippen molar-refractivity contribution >= 4 is 129 Å². The van der Waals surface area contributed by atoms with Gasteiger partial charge in [0.15, 0.2) is 57.5 Å². The standard InChI is InChI=1S/C43H41N5O6.C39H38N4O6.C33H36N4O6.CH4/c1-4-26-6-8-27(9-7-26)29-16-32-22-45-36-20-40(38(51-2)18-34(36)42(49)47(32)24-29)53-14-5-15-54-41-21-37-35(19-39(41)52-3)43(50)48-25-30(17-33(48)23-46-37)28-10-12-31(44)13-11-28;1-23-5-7-24(8-6-23)26-13-28-19-40-32-17-36(34(46-2)15-30(32)38(44)42(28)21-26)48-11-4-12-49-37-18-33-31(16-35(37)47-3)39(45)43-22-27(25-9-10-25)14-29(43)20-41-33;1-19-10-22-16-34-25-14-30(29(41-4)13-24(25)32(39)36(22)17-19)43-9-7-5-6-8-42-28-15-26-23(12-21(28)3)33(40)37-18-20(2)11-27(37)31(38)35-26;/h6-13,18-25,32-33H,4-5,14-17,44H2,1-3H3;5-8,15-22,25,28-29H,4,9-14H2,1-3H3;12-18,22,27H,5-11H2,1-4H3,(H,35,38);1H4/t32-,33-;28-,29-;22-,27-;/m000./s1. The number of hydrogen-bond donors (Lipinski definition) is 2. The fraction of sp³-hybridized carbons (Fsp3) is 0.328. The Labute approximate surface area is 854 Å². The van der Waals surface area contributed by atoms with E-state index in [4.69, 9.17) is 72.8 Å². The minimum Gasteiger partial charge on any atom is -0.493 e. The molecule has 0 spiro atoms. The van der Waals surface area contributed by atoms with Gasteiger partial charge in [0.2, 0.25) is 5.91 Å². The van der Waals surface area contributed by atoms with Crippen LogP contribution >= 0.6 is 0 Å². The molecule has 12 aliphatic heterocycles. The van der Waals surface area contributed by atoms with Crippen LogP contribution in [0.15, 0.2) is 224 Å². The van der Waals surface area contributed by atoms with Crippen LogP contribution in [0.1, 0.15) is 207 Å². The number of nitrogen functional groups attached to an aromatic ring is 1. The van der Waals surface area contributed by atoms with Crippen LogP contribution in [-0.2, 0) is 11.2 Å². The van der Waals surface area contributed by atoms with Gasteiger partial charge in [0, 0.05) is 142 Å². The van der Waals surface area contributed by atoms with Gasteiger partial charge in [-0.05, 0) is 190 Å². The van der Waals surface area contributed by atoms with E-state index in [0.717, 1.165) is 88.6 Å². The Morgan fingerprint density at radius 2 is 0.660 bits per heavy atom. The van der Waals surface area contributed by atoms with E-state index in [2.05, 4.69) is 77.7 Å². The van der Waals surface area contributed by atoms with Crippen molar-refractivity contribution in [2.45, 2.75) is 168 Å². The largest absolute Gasteiger partial charge is 0.493 e. The zero-order chi connectivity index (χ0) is 101. The maximum atomic E-state index is 13.8. The SMILES string of the molecule is C.CCc1ccc(C2=CN3C(=O)c4cc(OC)c(OCCCOc5cc6c(cc5OC)C(=O)N5C=C(c7ccc(N)cc7)C[C@H]5C=N6)cc4N=C[C@@H]3C2)cc1.COc1cc2c(cc1OCCCCCOc1cc3c(cc1C)C(=O)N1C=C(C)C[C@H]1C(=O)N3)N=C[C@@H]1CC(C)=CN1C2=O.COc1cc2c(cc1OCCCOc1cc3c(cc1OC)C(=O)N1C=C(C4CC4)C[C@H]1C=N3)N=C[C@@H]1CC(c3ccc(C)cc3)=CN1C2=O. The number of carbonyl (C=O) groups excluding carboxylic acids is 7. The highest BCUT2D eigenvalue weighted by atomic mass is 16.5. The van der Waals surface area contributed by atoms with Gasteiger partial charge in [0.1, 0.15) is 11.8 Å². The van der Waals surface area contributed by atoms with Crippen LogP contribution in [0.25, 0.3) is 16.7 Å². The van der Waals surface area contributed by atoms with Gasteiger partial charge in [-0.25, -0.2) is 0 Å². The lowest BCUT2D eigenvalue weighted by Crippen LogP contribution is -2.38. The second-order valence-corrected chi connectivity index (χ2v) is 38.3. The number of nitrogens with one attached hydrogen (secondary N) is 1. The molecule has 22 rings (SSSR count). The van der Waals surface area contributed by atoms with Crippen LogP contribution < -0.4 is 63.2 Å². The van der Waals surface area contributed by atoms with Gasteiger partial charge in [-0.2, -0.15) is 0 Å². The van der Waals surface area contributed by atoms with Gasteiger partial charge < -0.3 is 92.6 Å². The number of aryl methyl sites for hydroxylation is 3. The van der Waals surface area contributed by atoms with Crippen LogP contribution in [0.3, 0.4) is 0 Å². The summed E-state index contributed by atoms with van der Waals surface area (Å²) in [6.45, 7) is 12.3. The van der Waals surface area contributed by atoms with Crippen molar-refractivity contribution in [3.05, 3.63) is 266 Å². The topological polar surface area (TPSA) is 340 Å². The van der Waals surface area contributed by atoms with Gasteiger partial charge in [0.25, 0.3) is 35.4 Å². The number of anilines is 2. The monoisotopic (exact) mass is 1980 g/mol. The summed E-state index contributed by atoms with van der Waals surface area (Å²) in [4.78, 5) is 127. The van der Waals surface area contributed by atoms with Crippen molar-refractivity contribution in [3.8, 4) is 63.2 Å². The third-order valence-electron chi connectivity index (χ3n) is 28.3. The van der Waals surface area contributed by atoms with E-state index >= 15 is 0 Å². The molecule has 9 aromatic rings. The Bertz CT molecular complexity index is 7110. The van der Waals surface area contributed by atoms with Crippen LogP contribution in [0.5, 0.6) is 63.2 Å². The van der Waals surface area contributed by atoms with E-state index in [9.17, 15) is 33.6 Å². The molecule has 0 aromatic heterocycles. The quantitative estimate of drug-likeness (QED) is 0.0312. The van der Waals surface area contributed by atoms with Crippen molar-refractivity contribution in [1.82, 2.24) is 29.4 Å². The van der Waals surface area contributed by atoms with E-state index in [1.54, 1.807) is 139 Å². The summed E-state index contributed by atoms with van der Waals surface area (Å²) in [6, 6.07) is 44.2. The Hall–Kier alpha value is -16.3. The number of amides is 7. The third kappa shape index (κ3) is 20.7. The predicted octanol–water partition coefficient (Wildman–Crippen LogP) is 20.9. The molecule has 9 aromatic carbocycles. The van der Waals surface area contributed by atoms with E-state index in [-0.39, 0.29) is 79.0 Å². The number of hydrogen-bond acceptors (Lipinski definition) is 24. The zero-order valence-corrected chi connectivity index (χ0v) is 83.2. The summed E-state index contributed by atoms with van der Waals surface area (Å²) < 4.78 is 64.6. The highest BCUT2D eigenvalue weighted by Crippen LogP contribution is 2.50. The van der Waals surface area contributed by atoms with E-state index < -0.39 is 6.04 Å². The van der Waals surface area contributed by atoms with Gasteiger partial charge >= 0.3 is 0 Å². The summed E-state index contributed by atoms with van der Waals surface area (Å²) in [5.74, 6) is 5.16. The van der Waals surface area contributed by atoms with Crippen molar-refractivity contribution in [2.75, 3.05) is 86.2 Å². The number of nitrogens with two attached hydrogens (primary N) is 1. The van der Waals surface area contributed by atoms with E-state index in [1.807, 2.05) is 107 Å². The number of nitrogens with zero attached hydrogens (tertiary/aromatic N) is 11. The van der Waals surface area contributed by atoms with Gasteiger partial charge in [-0.15, -0.1) is 0 Å². The number of rotatable bonds is 30. The van der Waals surface area contributed by atoms with E-state index in [0.29, 0.717) is 221 Å². The number of fused-ring (bicyclic) bond motifs is 12. The smallest absolute Gasteiger partial charge is 0.260 e. The molecule has 0 saturated heterocycles. The molecule has 7 amide bonds. The van der Waals surface area contributed by atoms with Crippen LogP contribution in [-0.4, -0.2) is 213 Å². The van der Waals surface area contributed by atoms with Gasteiger partial charge in [0.05, 0.1) is 173 Å². The summed E-state index contributed by atoms with van der Waals surface area (Å²) >= 11 is 0. The molecule has 31 nitrogen and oxygen atoms in total. The van der Waals surface area contributed by atoms with Crippen molar-refractivity contribution in [2.24, 2.45) is 30.9 Å². The molecule has 147 heavy (non-hydrogen) atoms. The summed E-state index contributed by atoms with van der Waals surface area (Å²) in [7, 11) is 7.78. The van der Waals surface area contributed by atoms with Gasteiger partial charge in [-0.1, -0.05) is 91.7 Å². The third-order valence-corrected chi connectivity index (χ3v) is 28.3. The first-order valence-corrected chi connectivity index (χ1v) is 49.7. The predicted molar refractivity (Wildman–Crippen MR) is 566 cm³/mol. The lowest BCUT2D eigenvalue weighted by molar-refractivity contribution is -0.119. The van der Waals surface area contributed by atoms with Crippen molar-refractivity contribution in [1.29, 1.82) is 0 Å². The highest BCUT2D eigenvalue weighted by Gasteiger charge is 2.43. The average molecular weight is 1980 g/mol. The fourth-order valence-corrected chi connectivity index (χ4v) is 20.1. The molecule has 0 unspecified atom stereocenters. The number of carbonyl (C=O) groups is 7. The Morgan fingerprint density at radius 1 is 0.333 bits per heavy atom. The average Bonchev–Trinajstić information content (AvgIpc) is 1.74. The second kappa shape index (κ2) is 42.9. The maximum absolute atomic E-state index is 13.8. The first kappa shape index (κ1) is 99.4. The molecule has 6 atom stereocenters. The first-order valence-electron chi connectivity index (χ1n) is 49.7. The lowest BCUT2D eigenvalue weighted by atomic mass is 10.0. The molecule has 756 valence electrons. The molecule has 3 N–H and O–H groups in total. The molecule has 31 heteroatoms. The highest BCUT2D eigenvalue weighted by molar-refractivity contribution is 6.13. The van der Waals surface area contributed by atoms with Crippen LogP contribution in [0.2, 0.25) is 0 Å². The minimum absolute atomic E-state index is 0. The minimum atomic E-state index is -0.507. The van der Waals surface area contributed by atoms with E-state index in [1.165, 1.54) is 34.4 Å². The normalized spacial score (nSPS) is 19.5. The number of methoxy groups -OCH3 is 5. The Morgan fingerprint density at radius 3 is 1.04 bits per heavy atom. The second-order valence-electron chi connectivity index (χ2n) is 38.3. The number of aliphatic imine (C=N–C) groups is 5. The molecular formula is C116H119N13O18. The maximum Gasteiger partial charge on any atom is 0.260 e. The zero-order valence-electron chi connectivity index (χ0n) is 83.2. The number of unbranched alkanes of at least 4 members (excludes halogenated alkanes) is 2. The fourth-order valence-electron chi connectivity index (χ4n) is 20.1. The molecule has 0 bridgehead atoms. The van der Waals surface area contributed by atoms with Crippen molar-refractivity contribution < 1.29 is 85.7 Å². The molecule has 0 radical (unpaired) electrons. The Balaban J connectivity index is 0.000000139. The molecule has 1 aliphatic carbocycles. The molecule has 1 saturated carbocycles. The Kier molecular flexibility index (Phi) is 29.0. The summed E-state index contributed by atoms with van der Waals surface area (Å²) in [6.07, 6.45) is 31.8. The summed E-state index contributed by atoms with van der Waals surface area (Å²) in [5.41, 5.74) is 25.9.